The fourth-order valence-corrected chi connectivity index (χ4v) is 3.11. The Kier molecular flexibility index (Phi) is 6.52. The van der Waals surface area contributed by atoms with Crippen molar-refractivity contribution < 1.29 is 9.53 Å². The maximum atomic E-state index is 13.2. The molecule has 0 aliphatic carbocycles. The Hall–Kier alpha value is -2.89. The van der Waals surface area contributed by atoms with Crippen LogP contribution in [0.15, 0.2) is 36.5 Å². The largest absolute Gasteiger partial charge is 0.491 e. The topological polar surface area (TPSA) is 69.0 Å². The van der Waals surface area contributed by atoms with Crippen molar-refractivity contribution in [1.29, 1.82) is 0 Å². The first-order valence-electron chi connectivity index (χ1n) is 10.3. The first kappa shape index (κ1) is 20.8. The number of carbonyl (C=O) groups excluding carboxylic acids is 1. The number of nitrogens with one attached hydrogen (secondary N) is 1. The number of unbranched alkanes of at least 4 members (excludes halogenated alkanes) is 1. The molecule has 2 heterocycles. The highest BCUT2D eigenvalue weighted by Gasteiger charge is 2.20. The SMILES string of the molecule is CCCCOc1ccccc1NC(=O)c1cc(C(C)C)nc2c1cnn2C(C)C. The zero-order chi connectivity index (χ0) is 21.0. The summed E-state index contributed by atoms with van der Waals surface area (Å²) in [4.78, 5) is 18.0. The zero-order valence-corrected chi connectivity index (χ0v) is 17.9. The molecule has 3 aromatic rings. The fourth-order valence-electron chi connectivity index (χ4n) is 3.11. The van der Waals surface area contributed by atoms with Gasteiger partial charge in [0, 0.05) is 11.7 Å². The van der Waals surface area contributed by atoms with Gasteiger partial charge in [-0.15, -0.1) is 0 Å². The molecule has 1 N–H and O–H groups in total. The van der Waals surface area contributed by atoms with E-state index in [1.807, 2.05) is 35.0 Å². The summed E-state index contributed by atoms with van der Waals surface area (Å²) in [5.41, 5.74) is 2.86. The minimum absolute atomic E-state index is 0.158. The summed E-state index contributed by atoms with van der Waals surface area (Å²) in [5, 5.41) is 8.24. The van der Waals surface area contributed by atoms with E-state index in [4.69, 9.17) is 9.72 Å². The molecule has 1 amide bonds. The van der Waals surface area contributed by atoms with Crippen LogP contribution in [0, 0.1) is 0 Å². The van der Waals surface area contributed by atoms with Gasteiger partial charge in [0.2, 0.25) is 0 Å². The van der Waals surface area contributed by atoms with E-state index >= 15 is 0 Å². The molecule has 0 aliphatic heterocycles. The number of pyridine rings is 1. The van der Waals surface area contributed by atoms with Crippen molar-refractivity contribution in [2.24, 2.45) is 0 Å². The van der Waals surface area contributed by atoms with E-state index < -0.39 is 0 Å². The molecule has 0 radical (unpaired) electrons. The van der Waals surface area contributed by atoms with E-state index in [-0.39, 0.29) is 17.9 Å². The lowest BCUT2D eigenvalue weighted by molar-refractivity contribution is 0.102. The van der Waals surface area contributed by atoms with Gasteiger partial charge < -0.3 is 10.1 Å². The quantitative estimate of drug-likeness (QED) is 0.507. The molecule has 0 fully saturated rings. The fraction of sp³-hybridized carbons (Fsp3) is 0.435. The van der Waals surface area contributed by atoms with Crippen LogP contribution < -0.4 is 10.1 Å². The van der Waals surface area contributed by atoms with Crippen molar-refractivity contribution in [2.75, 3.05) is 11.9 Å². The van der Waals surface area contributed by atoms with Gasteiger partial charge in [-0.1, -0.05) is 39.3 Å². The summed E-state index contributed by atoms with van der Waals surface area (Å²) in [6.07, 6.45) is 3.76. The molecule has 1 aromatic carbocycles. The van der Waals surface area contributed by atoms with Crippen LogP contribution in [0.1, 0.15) is 75.5 Å². The van der Waals surface area contributed by atoms with E-state index in [0.29, 0.717) is 23.6 Å². The highest BCUT2D eigenvalue weighted by molar-refractivity contribution is 6.12. The Balaban J connectivity index is 1.98. The molecule has 29 heavy (non-hydrogen) atoms. The van der Waals surface area contributed by atoms with Crippen LogP contribution in [0.2, 0.25) is 0 Å². The molecule has 154 valence electrons. The Morgan fingerprint density at radius 2 is 1.97 bits per heavy atom. The van der Waals surface area contributed by atoms with Gasteiger partial charge >= 0.3 is 0 Å². The Morgan fingerprint density at radius 1 is 1.21 bits per heavy atom. The smallest absolute Gasteiger partial charge is 0.256 e. The number of ether oxygens (including phenoxy) is 1. The van der Waals surface area contributed by atoms with Crippen LogP contribution in [0.4, 0.5) is 5.69 Å². The molecule has 2 aromatic heterocycles. The predicted octanol–water partition coefficient (Wildman–Crippen LogP) is 5.57. The van der Waals surface area contributed by atoms with Crippen molar-refractivity contribution >= 4 is 22.6 Å². The number of aromatic nitrogens is 3. The highest BCUT2D eigenvalue weighted by Crippen LogP contribution is 2.28. The lowest BCUT2D eigenvalue weighted by Gasteiger charge is -2.14. The van der Waals surface area contributed by atoms with E-state index in [1.165, 1.54) is 0 Å². The third kappa shape index (κ3) is 4.58. The van der Waals surface area contributed by atoms with Crippen molar-refractivity contribution in [2.45, 2.75) is 59.4 Å². The molecule has 0 saturated heterocycles. The van der Waals surface area contributed by atoms with Crippen molar-refractivity contribution in [3.05, 3.63) is 47.8 Å². The molecule has 6 nitrogen and oxygen atoms in total. The summed E-state index contributed by atoms with van der Waals surface area (Å²) < 4.78 is 7.72. The molecule has 0 saturated carbocycles. The van der Waals surface area contributed by atoms with Gasteiger partial charge in [0.15, 0.2) is 5.65 Å². The van der Waals surface area contributed by atoms with Gasteiger partial charge in [0.1, 0.15) is 5.75 Å². The van der Waals surface area contributed by atoms with Crippen LogP contribution in [0.5, 0.6) is 5.75 Å². The summed E-state index contributed by atoms with van der Waals surface area (Å²) in [5.74, 6) is 0.696. The van der Waals surface area contributed by atoms with Gasteiger partial charge in [-0.25, -0.2) is 9.67 Å². The first-order valence-corrected chi connectivity index (χ1v) is 10.3. The normalized spacial score (nSPS) is 11.4. The van der Waals surface area contributed by atoms with E-state index in [9.17, 15) is 4.79 Å². The number of carbonyl (C=O) groups is 1. The molecule has 0 aliphatic rings. The maximum Gasteiger partial charge on any atom is 0.256 e. The first-order chi connectivity index (χ1) is 13.9. The zero-order valence-electron chi connectivity index (χ0n) is 17.9. The van der Waals surface area contributed by atoms with Crippen molar-refractivity contribution in [1.82, 2.24) is 14.8 Å². The van der Waals surface area contributed by atoms with Crippen LogP contribution in [0.25, 0.3) is 11.0 Å². The second kappa shape index (κ2) is 9.07. The van der Waals surface area contributed by atoms with Gasteiger partial charge in [-0.2, -0.15) is 5.10 Å². The molecule has 0 spiro atoms. The summed E-state index contributed by atoms with van der Waals surface area (Å²) in [7, 11) is 0. The number of anilines is 1. The summed E-state index contributed by atoms with van der Waals surface area (Å²) in [6, 6.07) is 9.56. The highest BCUT2D eigenvalue weighted by atomic mass is 16.5. The number of hydrogen-bond acceptors (Lipinski definition) is 4. The van der Waals surface area contributed by atoms with Crippen LogP contribution >= 0.6 is 0 Å². The Bertz CT molecular complexity index is 992. The van der Waals surface area contributed by atoms with Crippen molar-refractivity contribution in [3.63, 3.8) is 0 Å². The molecule has 0 atom stereocenters. The van der Waals surface area contributed by atoms with Gasteiger partial charge in [-0.3, -0.25) is 4.79 Å². The van der Waals surface area contributed by atoms with Gasteiger partial charge in [-0.05, 0) is 44.4 Å². The van der Waals surface area contributed by atoms with Crippen LogP contribution in [-0.2, 0) is 0 Å². The van der Waals surface area contributed by atoms with E-state index in [2.05, 4.69) is 45.0 Å². The lowest BCUT2D eigenvalue weighted by Crippen LogP contribution is -2.15. The second-order valence-corrected chi connectivity index (χ2v) is 7.82. The van der Waals surface area contributed by atoms with E-state index in [0.717, 1.165) is 29.6 Å². The number of fused-ring (bicyclic) bond motifs is 1. The van der Waals surface area contributed by atoms with Crippen molar-refractivity contribution in [3.8, 4) is 5.75 Å². The van der Waals surface area contributed by atoms with E-state index in [1.54, 1.807) is 6.20 Å². The minimum atomic E-state index is -0.186. The number of para-hydroxylation sites is 2. The molecular weight excluding hydrogens is 364 g/mol. The van der Waals surface area contributed by atoms with Crippen LogP contribution in [-0.4, -0.2) is 27.3 Å². The van der Waals surface area contributed by atoms with Gasteiger partial charge in [0.25, 0.3) is 5.91 Å². The summed E-state index contributed by atoms with van der Waals surface area (Å²) >= 11 is 0. The number of hydrogen-bond donors (Lipinski definition) is 1. The number of rotatable bonds is 8. The predicted molar refractivity (Wildman–Crippen MR) is 117 cm³/mol. The minimum Gasteiger partial charge on any atom is -0.491 e. The Morgan fingerprint density at radius 3 is 2.66 bits per heavy atom. The van der Waals surface area contributed by atoms with Crippen LogP contribution in [0.3, 0.4) is 0 Å². The third-order valence-corrected chi connectivity index (χ3v) is 4.80. The monoisotopic (exact) mass is 394 g/mol. The number of benzene rings is 1. The number of nitrogens with zero attached hydrogens (tertiary/aromatic N) is 3. The Labute approximate surface area is 172 Å². The molecule has 0 bridgehead atoms. The number of amides is 1. The molecular formula is C23H30N4O2. The second-order valence-electron chi connectivity index (χ2n) is 7.82. The standard InChI is InChI=1S/C23H30N4O2/c1-6-7-12-29-21-11-9-8-10-19(21)26-23(28)17-13-20(15(2)3)25-22-18(17)14-24-27(22)16(4)5/h8-11,13-16H,6-7,12H2,1-5H3,(H,26,28). The lowest BCUT2D eigenvalue weighted by atomic mass is 10.0. The molecule has 6 heteroatoms. The summed E-state index contributed by atoms with van der Waals surface area (Å²) in [6.45, 7) is 11.0. The molecule has 0 unspecified atom stereocenters. The molecule has 3 rings (SSSR count). The third-order valence-electron chi connectivity index (χ3n) is 4.80. The average Bonchev–Trinajstić information content (AvgIpc) is 3.13. The maximum absolute atomic E-state index is 13.2. The van der Waals surface area contributed by atoms with Gasteiger partial charge in [0.05, 0.1) is 29.4 Å². The average molecular weight is 395 g/mol.